The summed E-state index contributed by atoms with van der Waals surface area (Å²) in [5.41, 5.74) is 2.01. The molecule has 3 rings (SSSR count). The molecule has 1 aliphatic rings. The number of aliphatic hydroxyl groups excluding tert-OH is 1. The minimum Gasteiger partial charge on any atom is -0.396 e. The number of nitrogens with zero attached hydrogens (tertiary/aromatic N) is 4. The van der Waals surface area contributed by atoms with E-state index in [-0.39, 0.29) is 24.3 Å². The summed E-state index contributed by atoms with van der Waals surface area (Å²) in [6, 6.07) is 4.05. The van der Waals surface area contributed by atoms with E-state index >= 15 is 0 Å². The maximum Gasteiger partial charge on any atom is 0.227 e. The van der Waals surface area contributed by atoms with Gasteiger partial charge in [0.05, 0.1) is 12.6 Å². The van der Waals surface area contributed by atoms with Crippen LogP contribution in [0.2, 0.25) is 0 Å². The monoisotopic (exact) mass is 328 g/mol. The molecule has 0 radical (unpaired) electrons. The van der Waals surface area contributed by atoms with Crippen LogP contribution in [0.15, 0.2) is 36.9 Å². The molecule has 6 heteroatoms. The third-order valence-electron chi connectivity index (χ3n) is 4.69. The van der Waals surface area contributed by atoms with Gasteiger partial charge in [-0.1, -0.05) is 6.07 Å². The first-order valence-corrected chi connectivity index (χ1v) is 8.40. The number of rotatable bonds is 5. The quantitative estimate of drug-likeness (QED) is 0.906. The Labute approximate surface area is 142 Å². The number of aliphatic hydroxyl groups is 1. The van der Waals surface area contributed by atoms with Gasteiger partial charge in [-0.05, 0) is 31.0 Å². The van der Waals surface area contributed by atoms with Gasteiger partial charge in [0.25, 0.3) is 0 Å². The van der Waals surface area contributed by atoms with Crippen molar-refractivity contribution in [1.82, 2.24) is 19.7 Å². The summed E-state index contributed by atoms with van der Waals surface area (Å²) in [7, 11) is 0. The van der Waals surface area contributed by atoms with Crippen molar-refractivity contribution in [2.24, 2.45) is 5.92 Å². The van der Waals surface area contributed by atoms with Crippen molar-refractivity contribution >= 4 is 5.91 Å². The van der Waals surface area contributed by atoms with Crippen molar-refractivity contribution in [2.45, 2.75) is 32.2 Å². The number of carbonyl (C=O) groups is 1. The van der Waals surface area contributed by atoms with E-state index in [1.807, 2.05) is 34.1 Å². The first-order valence-electron chi connectivity index (χ1n) is 8.40. The van der Waals surface area contributed by atoms with Gasteiger partial charge in [0, 0.05) is 56.2 Å². The lowest BCUT2D eigenvalue weighted by Gasteiger charge is -2.16. The summed E-state index contributed by atoms with van der Waals surface area (Å²) >= 11 is 0. The van der Waals surface area contributed by atoms with E-state index in [1.54, 1.807) is 12.4 Å². The number of likely N-dealkylation sites (tertiary alicyclic amines) is 1. The van der Waals surface area contributed by atoms with E-state index in [1.165, 1.54) is 0 Å². The van der Waals surface area contributed by atoms with E-state index in [2.05, 4.69) is 23.9 Å². The second-order valence-corrected chi connectivity index (χ2v) is 6.73. The molecule has 128 valence electrons. The molecule has 1 saturated heterocycles. The van der Waals surface area contributed by atoms with Gasteiger partial charge in [-0.25, -0.2) is 0 Å². The van der Waals surface area contributed by atoms with Gasteiger partial charge in [-0.2, -0.15) is 5.10 Å². The first kappa shape index (κ1) is 16.6. The zero-order valence-electron chi connectivity index (χ0n) is 14.2. The van der Waals surface area contributed by atoms with Crippen molar-refractivity contribution in [2.75, 3.05) is 19.7 Å². The maximum atomic E-state index is 12.6. The highest BCUT2D eigenvalue weighted by molar-refractivity contribution is 5.79. The van der Waals surface area contributed by atoms with Gasteiger partial charge in [-0.15, -0.1) is 0 Å². The van der Waals surface area contributed by atoms with Gasteiger partial charge < -0.3 is 10.0 Å². The van der Waals surface area contributed by atoms with Crippen LogP contribution in [0.25, 0.3) is 0 Å². The highest BCUT2D eigenvalue weighted by Gasteiger charge is 2.36. The molecule has 2 atom stereocenters. The Hall–Kier alpha value is -2.21. The van der Waals surface area contributed by atoms with Crippen LogP contribution in [0.3, 0.4) is 0 Å². The normalized spacial score (nSPS) is 20.8. The van der Waals surface area contributed by atoms with Crippen molar-refractivity contribution in [3.05, 3.63) is 48.0 Å². The lowest BCUT2D eigenvalue weighted by Crippen LogP contribution is -2.30. The number of aromatic nitrogens is 3. The zero-order chi connectivity index (χ0) is 17.1. The predicted molar refractivity (Wildman–Crippen MR) is 90.4 cm³/mol. The van der Waals surface area contributed by atoms with E-state index in [0.717, 1.165) is 11.1 Å². The summed E-state index contributed by atoms with van der Waals surface area (Å²) in [6.45, 7) is 5.47. The van der Waals surface area contributed by atoms with Crippen LogP contribution < -0.4 is 0 Å². The first-order chi connectivity index (χ1) is 11.6. The minimum atomic E-state index is 0.0626. The zero-order valence-corrected chi connectivity index (χ0v) is 14.2. The van der Waals surface area contributed by atoms with Crippen LogP contribution in [0.5, 0.6) is 0 Å². The van der Waals surface area contributed by atoms with Gasteiger partial charge in [0.15, 0.2) is 0 Å². The fourth-order valence-electron chi connectivity index (χ4n) is 3.25. The number of hydrogen-bond donors (Lipinski definition) is 1. The number of carbonyl (C=O) groups excluding carboxylic acids is 1. The van der Waals surface area contributed by atoms with Crippen molar-refractivity contribution in [3.63, 3.8) is 0 Å². The van der Waals surface area contributed by atoms with Crippen LogP contribution >= 0.6 is 0 Å². The molecule has 0 bridgehead atoms. The second-order valence-electron chi connectivity index (χ2n) is 6.73. The Kier molecular flexibility index (Phi) is 4.94. The Bertz CT molecular complexity index is 683. The Balaban J connectivity index is 1.70. The highest BCUT2D eigenvalue weighted by atomic mass is 16.3. The lowest BCUT2D eigenvalue weighted by molar-refractivity contribution is -0.129. The van der Waals surface area contributed by atoms with Crippen molar-refractivity contribution in [3.8, 4) is 0 Å². The van der Waals surface area contributed by atoms with Crippen LogP contribution in [0.4, 0.5) is 0 Å². The van der Waals surface area contributed by atoms with Crippen LogP contribution in [-0.4, -0.2) is 50.4 Å². The molecule has 2 aromatic heterocycles. The molecule has 6 nitrogen and oxygen atoms in total. The van der Waals surface area contributed by atoms with Crippen LogP contribution in [0.1, 0.15) is 36.9 Å². The summed E-state index contributed by atoms with van der Waals surface area (Å²) in [5.74, 6) is 0.285. The fraction of sp³-hybridized carbons (Fsp3) is 0.500. The molecule has 0 spiro atoms. The Morgan fingerprint density at radius 3 is 2.83 bits per heavy atom. The lowest BCUT2D eigenvalue weighted by atomic mass is 9.92. The summed E-state index contributed by atoms with van der Waals surface area (Å²) in [5, 5.41) is 14.1. The summed E-state index contributed by atoms with van der Waals surface area (Å²) in [4.78, 5) is 18.5. The standard InChI is InChI=1S/C18H24N4O2/c1-13(2)22-10-15(8-20-22)17-11-21(9-16(17)12-23)18(24)6-14-4-3-5-19-7-14/h3-5,7-8,10,13,16-17,23H,6,9,11-12H2,1-2H3/t16-,17-/m0/s1. The summed E-state index contributed by atoms with van der Waals surface area (Å²) < 4.78 is 1.92. The molecule has 0 unspecified atom stereocenters. The van der Waals surface area contributed by atoms with Crippen molar-refractivity contribution in [1.29, 1.82) is 0 Å². The van der Waals surface area contributed by atoms with Crippen LogP contribution in [0, 0.1) is 5.92 Å². The van der Waals surface area contributed by atoms with E-state index in [9.17, 15) is 9.90 Å². The van der Waals surface area contributed by atoms with Gasteiger partial charge in [-0.3, -0.25) is 14.5 Å². The third kappa shape index (κ3) is 3.48. The highest BCUT2D eigenvalue weighted by Crippen LogP contribution is 2.32. The molecule has 24 heavy (non-hydrogen) atoms. The number of hydrogen-bond acceptors (Lipinski definition) is 4. The van der Waals surface area contributed by atoms with Gasteiger partial charge >= 0.3 is 0 Å². The molecule has 1 amide bonds. The average Bonchev–Trinajstić information content (AvgIpc) is 3.22. The smallest absolute Gasteiger partial charge is 0.227 e. The largest absolute Gasteiger partial charge is 0.396 e. The molecular formula is C18H24N4O2. The average molecular weight is 328 g/mol. The molecule has 0 aliphatic carbocycles. The van der Waals surface area contributed by atoms with Gasteiger partial charge in [0.1, 0.15) is 0 Å². The summed E-state index contributed by atoms with van der Waals surface area (Å²) in [6.07, 6.45) is 7.68. The number of amides is 1. The second kappa shape index (κ2) is 7.13. The molecule has 2 aromatic rings. The molecule has 1 fully saturated rings. The fourth-order valence-corrected chi connectivity index (χ4v) is 3.25. The maximum absolute atomic E-state index is 12.6. The van der Waals surface area contributed by atoms with E-state index in [0.29, 0.717) is 25.6 Å². The van der Waals surface area contributed by atoms with E-state index < -0.39 is 0 Å². The topological polar surface area (TPSA) is 71.2 Å². The Morgan fingerprint density at radius 1 is 1.38 bits per heavy atom. The molecule has 3 heterocycles. The molecular weight excluding hydrogens is 304 g/mol. The van der Waals surface area contributed by atoms with Crippen molar-refractivity contribution < 1.29 is 9.90 Å². The molecule has 1 N–H and O–H groups in total. The Morgan fingerprint density at radius 2 is 2.21 bits per heavy atom. The molecule has 0 aromatic carbocycles. The van der Waals surface area contributed by atoms with Crippen LogP contribution in [-0.2, 0) is 11.2 Å². The minimum absolute atomic E-state index is 0.0626. The SMILES string of the molecule is CC(C)n1cc([C@@H]2CN(C(=O)Cc3cccnc3)C[C@H]2CO)cn1. The van der Waals surface area contributed by atoms with Gasteiger partial charge in [0.2, 0.25) is 5.91 Å². The predicted octanol–water partition coefficient (Wildman–Crippen LogP) is 1.64. The number of pyridine rings is 1. The third-order valence-corrected chi connectivity index (χ3v) is 4.69. The molecule has 1 aliphatic heterocycles. The molecule has 0 saturated carbocycles. The van der Waals surface area contributed by atoms with E-state index in [4.69, 9.17) is 0 Å².